The van der Waals surface area contributed by atoms with Crippen LogP contribution < -0.4 is 10.6 Å². The predicted molar refractivity (Wildman–Crippen MR) is 80.1 cm³/mol. The Kier molecular flexibility index (Phi) is 3.60. The standard InChI is InChI=1S/C15H19N5O/c1-10(14-19-17-9-20(14)2)18-15(21)12-7-3-5-11-6-4-8-16-13(11)12/h3,5,7,9-10,16H,4,6,8H2,1-2H3,(H,18,21). The second kappa shape index (κ2) is 5.55. The van der Waals surface area contributed by atoms with E-state index >= 15 is 0 Å². The average Bonchev–Trinajstić information content (AvgIpc) is 2.92. The van der Waals surface area contributed by atoms with Crippen LogP contribution in [0.1, 0.15) is 41.1 Å². The molecule has 2 aromatic rings. The number of anilines is 1. The number of carbonyl (C=O) groups excluding carboxylic acids is 1. The Hall–Kier alpha value is -2.37. The first-order valence-electron chi connectivity index (χ1n) is 7.17. The molecular weight excluding hydrogens is 266 g/mol. The second-order valence-electron chi connectivity index (χ2n) is 5.37. The van der Waals surface area contributed by atoms with Gasteiger partial charge in [0.1, 0.15) is 6.33 Å². The van der Waals surface area contributed by atoms with E-state index in [9.17, 15) is 4.79 Å². The third kappa shape index (κ3) is 2.61. The Morgan fingerprint density at radius 3 is 3.10 bits per heavy atom. The average molecular weight is 285 g/mol. The zero-order valence-corrected chi connectivity index (χ0v) is 12.3. The smallest absolute Gasteiger partial charge is 0.253 e. The summed E-state index contributed by atoms with van der Waals surface area (Å²) in [4.78, 5) is 12.5. The third-order valence-electron chi connectivity index (χ3n) is 3.80. The molecule has 0 fully saturated rings. The Morgan fingerprint density at radius 2 is 2.33 bits per heavy atom. The minimum absolute atomic E-state index is 0.0863. The quantitative estimate of drug-likeness (QED) is 0.899. The molecule has 0 aliphatic carbocycles. The molecule has 0 saturated heterocycles. The van der Waals surface area contributed by atoms with Crippen molar-refractivity contribution in [2.45, 2.75) is 25.8 Å². The topological polar surface area (TPSA) is 71.8 Å². The van der Waals surface area contributed by atoms with Crippen LogP contribution in [0, 0.1) is 0 Å². The lowest BCUT2D eigenvalue weighted by atomic mass is 9.99. The van der Waals surface area contributed by atoms with Gasteiger partial charge in [0.15, 0.2) is 5.82 Å². The van der Waals surface area contributed by atoms with Gasteiger partial charge in [0.2, 0.25) is 0 Å². The lowest BCUT2D eigenvalue weighted by Gasteiger charge is -2.21. The zero-order valence-electron chi connectivity index (χ0n) is 12.3. The fraction of sp³-hybridized carbons (Fsp3) is 0.400. The molecule has 21 heavy (non-hydrogen) atoms. The molecule has 0 spiro atoms. The summed E-state index contributed by atoms with van der Waals surface area (Å²) >= 11 is 0. The number of aryl methyl sites for hydroxylation is 2. The number of amides is 1. The van der Waals surface area contributed by atoms with Crippen molar-refractivity contribution in [2.24, 2.45) is 7.05 Å². The van der Waals surface area contributed by atoms with Gasteiger partial charge in [0.25, 0.3) is 5.91 Å². The van der Waals surface area contributed by atoms with Crippen LogP contribution in [0.4, 0.5) is 5.69 Å². The van der Waals surface area contributed by atoms with E-state index in [2.05, 4.69) is 26.9 Å². The molecule has 1 aromatic heterocycles. The van der Waals surface area contributed by atoms with Gasteiger partial charge < -0.3 is 15.2 Å². The van der Waals surface area contributed by atoms with E-state index in [1.165, 1.54) is 5.56 Å². The highest BCUT2D eigenvalue weighted by atomic mass is 16.1. The SMILES string of the molecule is CC(NC(=O)c1cccc2c1NCCC2)c1nncn1C. The van der Waals surface area contributed by atoms with Gasteiger partial charge in [-0.2, -0.15) is 0 Å². The fourth-order valence-corrected chi connectivity index (χ4v) is 2.72. The van der Waals surface area contributed by atoms with Gasteiger partial charge in [-0.05, 0) is 31.4 Å². The molecule has 0 bridgehead atoms. The molecule has 2 heterocycles. The predicted octanol–water partition coefficient (Wildman–Crippen LogP) is 1.66. The van der Waals surface area contributed by atoms with E-state index in [4.69, 9.17) is 0 Å². The number of nitrogens with zero attached hydrogens (tertiary/aromatic N) is 3. The van der Waals surface area contributed by atoms with Gasteiger partial charge >= 0.3 is 0 Å². The van der Waals surface area contributed by atoms with Gasteiger partial charge in [-0.25, -0.2) is 0 Å². The molecule has 6 nitrogen and oxygen atoms in total. The minimum atomic E-state index is -0.190. The van der Waals surface area contributed by atoms with Crippen LogP contribution in [0.25, 0.3) is 0 Å². The number of para-hydroxylation sites is 1. The number of benzene rings is 1. The molecule has 2 N–H and O–H groups in total. The number of nitrogens with one attached hydrogen (secondary N) is 2. The summed E-state index contributed by atoms with van der Waals surface area (Å²) < 4.78 is 1.81. The lowest BCUT2D eigenvalue weighted by Crippen LogP contribution is -2.30. The highest BCUT2D eigenvalue weighted by Gasteiger charge is 2.20. The molecular formula is C15H19N5O. The lowest BCUT2D eigenvalue weighted by molar-refractivity contribution is 0.0938. The first kappa shape index (κ1) is 13.6. The summed E-state index contributed by atoms with van der Waals surface area (Å²) in [6, 6.07) is 5.68. The van der Waals surface area contributed by atoms with E-state index in [0.717, 1.165) is 30.9 Å². The fourth-order valence-electron chi connectivity index (χ4n) is 2.72. The molecule has 0 saturated carbocycles. The van der Waals surface area contributed by atoms with Gasteiger partial charge in [0.05, 0.1) is 17.3 Å². The highest BCUT2D eigenvalue weighted by molar-refractivity contribution is 6.00. The molecule has 6 heteroatoms. The maximum Gasteiger partial charge on any atom is 0.253 e. The van der Waals surface area contributed by atoms with Crippen molar-refractivity contribution in [3.63, 3.8) is 0 Å². The van der Waals surface area contributed by atoms with Crippen molar-refractivity contribution >= 4 is 11.6 Å². The van der Waals surface area contributed by atoms with Gasteiger partial charge in [-0.1, -0.05) is 12.1 Å². The van der Waals surface area contributed by atoms with Crippen LogP contribution in [-0.2, 0) is 13.5 Å². The molecule has 1 amide bonds. The second-order valence-corrected chi connectivity index (χ2v) is 5.37. The number of carbonyl (C=O) groups is 1. The summed E-state index contributed by atoms with van der Waals surface area (Å²) in [5, 5.41) is 14.2. The zero-order chi connectivity index (χ0) is 14.8. The molecule has 1 aromatic carbocycles. The van der Waals surface area contributed by atoms with Crippen LogP contribution >= 0.6 is 0 Å². The Labute approximate surface area is 123 Å². The molecule has 1 aliphatic rings. The first-order chi connectivity index (χ1) is 10.2. The van der Waals surface area contributed by atoms with Crippen LogP contribution in [0.15, 0.2) is 24.5 Å². The first-order valence-corrected chi connectivity index (χ1v) is 7.17. The molecule has 1 aliphatic heterocycles. The van der Waals surface area contributed by atoms with Gasteiger partial charge in [-0.3, -0.25) is 4.79 Å². The number of hydrogen-bond acceptors (Lipinski definition) is 4. The maximum absolute atomic E-state index is 12.5. The third-order valence-corrected chi connectivity index (χ3v) is 3.80. The van der Waals surface area contributed by atoms with E-state index in [-0.39, 0.29) is 11.9 Å². The summed E-state index contributed by atoms with van der Waals surface area (Å²) in [6.45, 7) is 2.82. The normalized spacial score (nSPS) is 15.0. The number of fused-ring (bicyclic) bond motifs is 1. The van der Waals surface area contributed by atoms with Gasteiger partial charge in [-0.15, -0.1) is 10.2 Å². The van der Waals surface area contributed by atoms with Crippen molar-refractivity contribution in [1.29, 1.82) is 0 Å². The van der Waals surface area contributed by atoms with Crippen molar-refractivity contribution in [2.75, 3.05) is 11.9 Å². The van der Waals surface area contributed by atoms with E-state index < -0.39 is 0 Å². The molecule has 0 radical (unpaired) electrons. The summed E-state index contributed by atoms with van der Waals surface area (Å²) in [6.07, 6.45) is 3.75. The summed E-state index contributed by atoms with van der Waals surface area (Å²) in [5.74, 6) is 0.651. The highest BCUT2D eigenvalue weighted by Crippen LogP contribution is 2.26. The van der Waals surface area contributed by atoms with Crippen molar-refractivity contribution in [3.8, 4) is 0 Å². The number of aromatic nitrogens is 3. The maximum atomic E-state index is 12.5. The summed E-state index contributed by atoms with van der Waals surface area (Å²) in [7, 11) is 1.87. The van der Waals surface area contributed by atoms with Crippen LogP contribution in [0.2, 0.25) is 0 Å². The van der Waals surface area contributed by atoms with E-state index in [1.54, 1.807) is 6.33 Å². The molecule has 3 rings (SSSR count). The Morgan fingerprint density at radius 1 is 1.48 bits per heavy atom. The molecule has 1 unspecified atom stereocenters. The Bertz CT molecular complexity index is 664. The minimum Gasteiger partial charge on any atom is -0.384 e. The van der Waals surface area contributed by atoms with Crippen molar-refractivity contribution in [1.82, 2.24) is 20.1 Å². The van der Waals surface area contributed by atoms with E-state index in [0.29, 0.717) is 5.56 Å². The Balaban J connectivity index is 1.81. The number of rotatable bonds is 3. The van der Waals surface area contributed by atoms with Crippen LogP contribution in [-0.4, -0.2) is 27.2 Å². The number of hydrogen-bond donors (Lipinski definition) is 2. The van der Waals surface area contributed by atoms with Crippen molar-refractivity contribution in [3.05, 3.63) is 41.5 Å². The summed E-state index contributed by atoms with van der Waals surface area (Å²) in [5.41, 5.74) is 2.87. The van der Waals surface area contributed by atoms with Crippen molar-refractivity contribution < 1.29 is 4.79 Å². The van der Waals surface area contributed by atoms with Crippen LogP contribution in [0.5, 0.6) is 0 Å². The van der Waals surface area contributed by atoms with Crippen LogP contribution in [0.3, 0.4) is 0 Å². The molecule has 110 valence electrons. The van der Waals surface area contributed by atoms with Gasteiger partial charge in [0, 0.05) is 13.6 Å². The molecule has 1 atom stereocenters. The monoisotopic (exact) mass is 285 g/mol. The largest absolute Gasteiger partial charge is 0.384 e. The van der Waals surface area contributed by atoms with E-state index in [1.807, 2.05) is 30.7 Å².